The second kappa shape index (κ2) is 4.80. The van der Waals surface area contributed by atoms with Gasteiger partial charge in [-0.05, 0) is 23.5 Å². The van der Waals surface area contributed by atoms with Gasteiger partial charge in [-0.15, -0.1) is 4.68 Å². The lowest BCUT2D eigenvalue weighted by Gasteiger charge is -2.02. The van der Waals surface area contributed by atoms with Gasteiger partial charge in [0.1, 0.15) is 0 Å². The minimum Gasteiger partial charge on any atom is -0.478 e. The van der Waals surface area contributed by atoms with E-state index in [0.717, 1.165) is 11.0 Å². The predicted octanol–water partition coefficient (Wildman–Crippen LogP) is 0.831. The fourth-order valence-electron chi connectivity index (χ4n) is 1.44. The topological polar surface area (TPSA) is 124 Å². The molecule has 98 valence electrons. The van der Waals surface area contributed by atoms with Gasteiger partial charge in [-0.3, -0.25) is 0 Å². The summed E-state index contributed by atoms with van der Waals surface area (Å²) < 4.78 is 1.07. The summed E-state index contributed by atoms with van der Waals surface area (Å²) in [5.41, 5.74) is 0.591. The minimum atomic E-state index is -1.10. The Morgan fingerprint density at radius 2 is 2.26 bits per heavy atom. The first-order valence-corrected chi connectivity index (χ1v) is 5.32. The van der Waals surface area contributed by atoms with Crippen LogP contribution in [0.1, 0.15) is 23.0 Å². The number of aromatic carboxylic acids is 1. The monoisotopic (exact) mass is 263 g/mol. The molecule has 0 aliphatic rings. The predicted molar refractivity (Wildman–Crippen MR) is 62.1 cm³/mol. The van der Waals surface area contributed by atoms with Gasteiger partial charge in [-0.25, -0.2) is 9.78 Å². The maximum Gasteiger partial charge on any atom is 0.491 e. The quantitative estimate of drug-likeness (QED) is 0.639. The normalized spacial score (nSPS) is 10.4. The zero-order valence-corrected chi connectivity index (χ0v) is 9.85. The van der Waals surface area contributed by atoms with Crippen molar-refractivity contribution < 1.29 is 14.8 Å². The van der Waals surface area contributed by atoms with Gasteiger partial charge in [0.15, 0.2) is 5.82 Å². The van der Waals surface area contributed by atoms with E-state index < -0.39 is 16.8 Å². The van der Waals surface area contributed by atoms with E-state index >= 15 is 0 Å². The standard InChI is InChI=1S/C10H9N5O4/c1-2-7-3-6(9(16)17)4-8(12-7)14-5-11-10(13-14)15(18)19/h3-5H,2H2,1H3,(H,16,17). The number of hydrogen-bond acceptors (Lipinski definition) is 6. The molecule has 0 aliphatic heterocycles. The van der Waals surface area contributed by atoms with Gasteiger partial charge < -0.3 is 15.2 Å². The Morgan fingerprint density at radius 3 is 2.79 bits per heavy atom. The van der Waals surface area contributed by atoms with E-state index in [1.54, 1.807) is 0 Å². The summed E-state index contributed by atoms with van der Waals surface area (Å²) in [4.78, 5) is 28.4. The molecule has 0 aliphatic carbocycles. The van der Waals surface area contributed by atoms with Gasteiger partial charge in [0.05, 0.1) is 5.56 Å². The second-order valence-electron chi connectivity index (χ2n) is 3.61. The summed E-state index contributed by atoms with van der Waals surface area (Å²) in [6, 6.07) is 2.72. The second-order valence-corrected chi connectivity index (χ2v) is 3.61. The Hall–Kier alpha value is -2.84. The van der Waals surface area contributed by atoms with Crippen molar-refractivity contribution in [2.75, 3.05) is 0 Å². The number of nitrogens with zero attached hydrogens (tertiary/aromatic N) is 5. The number of aromatic nitrogens is 4. The fourth-order valence-corrected chi connectivity index (χ4v) is 1.44. The third-order valence-corrected chi connectivity index (χ3v) is 2.35. The molecule has 0 atom stereocenters. The van der Waals surface area contributed by atoms with E-state index in [2.05, 4.69) is 15.1 Å². The largest absolute Gasteiger partial charge is 0.491 e. The highest BCUT2D eigenvalue weighted by Gasteiger charge is 2.17. The van der Waals surface area contributed by atoms with Crippen LogP contribution in [0.5, 0.6) is 0 Å². The summed E-state index contributed by atoms with van der Waals surface area (Å²) in [5, 5.41) is 23.1. The molecule has 0 spiro atoms. The van der Waals surface area contributed by atoms with Crippen LogP contribution in [-0.4, -0.2) is 35.7 Å². The highest BCUT2D eigenvalue weighted by molar-refractivity contribution is 5.88. The van der Waals surface area contributed by atoms with Gasteiger partial charge in [-0.2, -0.15) is 0 Å². The van der Waals surface area contributed by atoms with Crippen LogP contribution in [0.4, 0.5) is 5.95 Å². The number of pyridine rings is 1. The summed E-state index contributed by atoms with van der Waals surface area (Å²) in [6.45, 7) is 1.82. The number of hydrogen-bond donors (Lipinski definition) is 1. The van der Waals surface area contributed by atoms with Crippen LogP contribution in [0.3, 0.4) is 0 Å². The van der Waals surface area contributed by atoms with E-state index in [1.807, 2.05) is 6.92 Å². The Morgan fingerprint density at radius 1 is 1.53 bits per heavy atom. The van der Waals surface area contributed by atoms with E-state index in [9.17, 15) is 14.9 Å². The van der Waals surface area contributed by atoms with Gasteiger partial charge in [-0.1, -0.05) is 11.9 Å². The van der Waals surface area contributed by atoms with Crippen LogP contribution in [0.2, 0.25) is 0 Å². The van der Waals surface area contributed by atoms with Gasteiger partial charge >= 0.3 is 11.9 Å². The lowest BCUT2D eigenvalue weighted by molar-refractivity contribution is -0.394. The number of carboxylic acids is 1. The molecular formula is C10H9N5O4. The Kier molecular flexibility index (Phi) is 3.19. The zero-order chi connectivity index (χ0) is 14.0. The number of carboxylic acid groups (broad SMARTS) is 1. The van der Waals surface area contributed by atoms with Gasteiger partial charge in [0, 0.05) is 10.8 Å². The number of aryl methyl sites for hydroxylation is 1. The van der Waals surface area contributed by atoms with E-state index in [4.69, 9.17) is 5.11 Å². The van der Waals surface area contributed by atoms with Gasteiger partial charge in [0.25, 0.3) is 0 Å². The first kappa shape index (κ1) is 12.6. The molecule has 2 rings (SSSR count). The molecule has 1 N–H and O–H groups in total. The lowest BCUT2D eigenvalue weighted by Crippen LogP contribution is -2.06. The lowest BCUT2D eigenvalue weighted by atomic mass is 10.2. The Balaban J connectivity index is 2.50. The van der Waals surface area contributed by atoms with Crippen molar-refractivity contribution >= 4 is 11.9 Å². The average Bonchev–Trinajstić information content (AvgIpc) is 2.87. The molecule has 0 amide bonds. The molecular weight excluding hydrogens is 254 g/mol. The van der Waals surface area contributed by atoms with Crippen molar-refractivity contribution in [3.8, 4) is 5.82 Å². The summed E-state index contributed by atoms with van der Waals surface area (Å²) in [7, 11) is 0. The van der Waals surface area contributed by atoms with Crippen molar-refractivity contribution in [2.45, 2.75) is 13.3 Å². The third kappa shape index (κ3) is 2.54. The maximum absolute atomic E-state index is 11.0. The number of rotatable bonds is 4. The highest BCUT2D eigenvalue weighted by Crippen LogP contribution is 2.12. The summed E-state index contributed by atoms with van der Waals surface area (Å²) >= 11 is 0. The summed E-state index contributed by atoms with van der Waals surface area (Å²) in [6.07, 6.45) is 1.65. The van der Waals surface area contributed by atoms with Crippen LogP contribution in [0.15, 0.2) is 18.5 Å². The molecule has 9 heteroatoms. The van der Waals surface area contributed by atoms with Crippen LogP contribution in [-0.2, 0) is 6.42 Å². The van der Waals surface area contributed by atoms with Crippen molar-refractivity contribution in [1.29, 1.82) is 0 Å². The van der Waals surface area contributed by atoms with E-state index in [0.29, 0.717) is 12.1 Å². The Labute approximate surface area is 106 Å². The van der Waals surface area contributed by atoms with Crippen molar-refractivity contribution in [2.24, 2.45) is 0 Å². The van der Waals surface area contributed by atoms with Gasteiger partial charge in [0.2, 0.25) is 6.33 Å². The van der Waals surface area contributed by atoms with Crippen LogP contribution in [0, 0.1) is 10.1 Å². The zero-order valence-electron chi connectivity index (χ0n) is 9.85. The molecule has 0 saturated carbocycles. The molecule has 2 heterocycles. The molecule has 0 radical (unpaired) electrons. The molecule has 0 unspecified atom stereocenters. The van der Waals surface area contributed by atoms with Crippen molar-refractivity contribution in [3.05, 3.63) is 39.8 Å². The minimum absolute atomic E-state index is 0.0417. The van der Waals surface area contributed by atoms with Crippen LogP contribution >= 0.6 is 0 Å². The first-order valence-electron chi connectivity index (χ1n) is 5.32. The third-order valence-electron chi connectivity index (χ3n) is 2.35. The average molecular weight is 263 g/mol. The molecule has 0 bridgehead atoms. The molecule has 0 saturated heterocycles. The van der Waals surface area contributed by atoms with Crippen molar-refractivity contribution in [1.82, 2.24) is 19.7 Å². The highest BCUT2D eigenvalue weighted by atomic mass is 16.6. The Bertz CT molecular complexity index is 651. The SMILES string of the molecule is CCc1cc(C(=O)O)cc(-n2cnc([N+](=O)[O-])n2)n1. The maximum atomic E-state index is 11.0. The number of nitro groups is 1. The smallest absolute Gasteiger partial charge is 0.478 e. The molecule has 0 aromatic carbocycles. The van der Waals surface area contributed by atoms with Crippen LogP contribution in [0.25, 0.3) is 5.82 Å². The molecule has 2 aromatic heterocycles. The number of carbonyl (C=O) groups is 1. The summed E-state index contributed by atoms with van der Waals surface area (Å²) in [5.74, 6) is -1.49. The van der Waals surface area contributed by atoms with E-state index in [1.165, 1.54) is 12.1 Å². The molecule has 2 aromatic rings. The molecule has 0 fully saturated rings. The van der Waals surface area contributed by atoms with Crippen LogP contribution < -0.4 is 0 Å². The molecule has 9 nitrogen and oxygen atoms in total. The van der Waals surface area contributed by atoms with E-state index in [-0.39, 0.29) is 11.4 Å². The molecule has 19 heavy (non-hydrogen) atoms. The van der Waals surface area contributed by atoms with Crippen molar-refractivity contribution in [3.63, 3.8) is 0 Å². The fraction of sp³-hybridized carbons (Fsp3) is 0.200. The first-order chi connectivity index (χ1) is 9.01.